The number of nitrogens with zero attached hydrogens (tertiary/aromatic N) is 1. The molecule has 1 aliphatic heterocycles. The van der Waals surface area contributed by atoms with Crippen molar-refractivity contribution in [3.05, 3.63) is 28.2 Å². The van der Waals surface area contributed by atoms with E-state index in [9.17, 15) is 4.21 Å². The lowest BCUT2D eigenvalue weighted by Crippen LogP contribution is -2.23. The third kappa shape index (κ3) is 2.91. The highest BCUT2D eigenvalue weighted by Crippen LogP contribution is 2.33. The van der Waals surface area contributed by atoms with Crippen LogP contribution < -0.4 is 0 Å². The Labute approximate surface area is 112 Å². The predicted molar refractivity (Wildman–Crippen MR) is 77.4 cm³/mol. The van der Waals surface area contributed by atoms with Gasteiger partial charge in [-0.1, -0.05) is 26.8 Å². The minimum atomic E-state index is -1.92. The fourth-order valence-electron chi connectivity index (χ4n) is 1.71. The summed E-state index contributed by atoms with van der Waals surface area (Å²) in [7, 11) is -1.92. The second-order valence-electron chi connectivity index (χ2n) is 5.54. The van der Waals surface area contributed by atoms with Crippen molar-refractivity contribution in [2.75, 3.05) is 11.5 Å². The SMILES string of the molecule is CC(C)(C)c1ccc(N=S2(=O)CCC2)c(Br)c1. The van der Waals surface area contributed by atoms with Crippen LogP contribution in [0.3, 0.4) is 0 Å². The Morgan fingerprint density at radius 3 is 2.35 bits per heavy atom. The molecule has 0 amide bonds. The fourth-order valence-corrected chi connectivity index (χ4v) is 3.78. The molecule has 0 N–H and O–H groups in total. The number of benzene rings is 1. The highest BCUT2D eigenvalue weighted by molar-refractivity contribution is 9.10. The molecule has 94 valence electrons. The number of hydrogen-bond acceptors (Lipinski definition) is 2. The van der Waals surface area contributed by atoms with Crippen LogP contribution in [0.1, 0.15) is 32.8 Å². The molecule has 2 nitrogen and oxygen atoms in total. The molecule has 4 heteroatoms. The molecule has 2 rings (SSSR count). The standard InChI is InChI=1S/C13H18BrNOS/c1-13(2,3)10-5-6-12(11(14)9-10)15-17(16)7-4-8-17/h5-6,9H,4,7-8H2,1-3H3. The molecule has 1 heterocycles. The van der Waals surface area contributed by atoms with Crippen LogP contribution in [0.25, 0.3) is 0 Å². The summed E-state index contributed by atoms with van der Waals surface area (Å²) in [6.45, 7) is 6.54. The maximum atomic E-state index is 12.1. The first kappa shape index (κ1) is 13.1. The topological polar surface area (TPSA) is 29.4 Å². The van der Waals surface area contributed by atoms with E-state index in [1.807, 2.05) is 6.07 Å². The van der Waals surface area contributed by atoms with Crippen molar-refractivity contribution in [2.24, 2.45) is 4.36 Å². The zero-order valence-electron chi connectivity index (χ0n) is 10.5. The summed E-state index contributed by atoms with van der Waals surface area (Å²) in [5, 5.41) is 0. The van der Waals surface area contributed by atoms with Crippen molar-refractivity contribution < 1.29 is 4.21 Å². The number of halogens is 1. The molecular formula is C13H18BrNOS. The molecular weight excluding hydrogens is 298 g/mol. The maximum absolute atomic E-state index is 12.1. The monoisotopic (exact) mass is 315 g/mol. The highest BCUT2D eigenvalue weighted by atomic mass is 79.9. The van der Waals surface area contributed by atoms with E-state index in [-0.39, 0.29) is 5.41 Å². The van der Waals surface area contributed by atoms with Gasteiger partial charge in [-0.2, -0.15) is 4.36 Å². The molecule has 17 heavy (non-hydrogen) atoms. The van der Waals surface area contributed by atoms with Gasteiger partial charge in [-0.25, -0.2) is 4.21 Å². The van der Waals surface area contributed by atoms with Crippen LogP contribution in [-0.2, 0) is 15.1 Å². The van der Waals surface area contributed by atoms with E-state index >= 15 is 0 Å². The van der Waals surface area contributed by atoms with Gasteiger partial charge in [-0.3, -0.25) is 0 Å². The summed E-state index contributed by atoms with van der Waals surface area (Å²) < 4.78 is 17.4. The molecule has 1 aliphatic rings. The maximum Gasteiger partial charge on any atom is 0.0872 e. The van der Waals surface area contributed by atoms with Crippen LogP contribution in [0, 0.1) is 0 Å². The Morgan fingerprint density at radius 2 is 1.94 bits per heavy atom. The molecule has 0 atom stereocenters. The summed E-state index contributed by atoms with van der Waals surface area (Å²) in [6, 6.07) is 6.13. The lowest BCUT2D eigenvalue weighted by molar-refractivity contribution is 0.590. The molecule has 1 saturated heterocycles. The molecule has 0 aromatic heterocycles. The summed E-state index contributed by atoms with van der Waals surface area (Å²) in [4.78, 5) is 0. The van der Waals surface area contributed by atoms with Gasteiger partial charge in [0.2, 0.25) is 0 Å². The van der Waals surface area contributed by atoms with E-state index in [1.54, 1.807) is 0 Å². The van der Waals surface area contributed by atoms with Crippen LogP contribution in [0.2, 0.25) is 0 Å². The van der Waals surface area contributed by atoms with Crippen LogP contribution in [-0.4, -0.2) is 15.7 Å². The molecule has 0 spiro atoms. The van der Waals surface area contributed by atoms with Crippen molar-refractivity contribution in [3.8, 4) is 0 Å². The van der Waals surface area contributed by atoms with Crippen LogP contribution in [0.4, 0.5) is 5.69 Å². The van der Waals surface area contributed by atoms with Crippen molar-refractivity contribution in [1.29, 1.82) is 0 Å². The van der Waals surface area contributed by atoms with Gasteiger partial charge < -0.3 is 0 Å². The lowest BCUT2D eigenvalue weighted by atomic mass is 9.87. The Kier molecular flexibility index (Phi) is 3.38. The molecule has 0 unspecified atom stereocenters. The van der Waals surface area contributed by atoms with Gasteiger partial charge >= 0.3 is 0 Å². The van der Waals surface area contributed by atoms with E-state index in [2.05, 4.69) is 53.2 Å². The minimum absolute atomic E-state index is 0.125. The van der Waals surface area contributed by atoms with Crippen molar-refractivity contribution >= 4 is 31.3 Å². The molecule has 1 aromatic carbocycles. The van der Waals surface area contributed by atoms with E-state index in [1.165, 1.54) is 5.56 Å². The van der Waals surface area contributed by atoms with Gasteiger partial charge in [0.05, 0.1) is 15.4 Å². The van der Waals surface area contributed by atoms with Gasteiger partial charge in [0.15, 0.2) is 0 Å². The molecule has 1 aromatic rings. The first-order valence-electron chi connectivity index (χ1n) is 5.83. The average molecular weight is 316 g/mol. The summed E-state index contributed by atoms with van der Waals surface area (Å²) >= 11 is 3.53. The van der Waals surface area contributed by atoms with E-state index in [0.717, 1.165) is 28.1 Å². The second-order valence-corrected chi connectivity index (χ2v) is 8.94. The largest absolute Gasteiger partial charge is 0.249 e. The molecule has 0 aliphatic carbocycles. The summed E-state index contributed by atoms with van der Waals surface area (Å²) in [6.07, 6.45) is 1.04. The zero-order valence-corrected chi connectivity index (χ0v) is 12.9. The number of hydrogen-bond donors (Lipinski definition) is 0. The number of rotatable bonds is 1. The average Bonchev–Trinajstić information content (AvgIpc) is 2.17. The predicted octanol–water partition coefficient (Wildman–Crippen LogP) is 4.25. The first-order valence-corrected chi connectivity index (χ1v) is 8.47. The van der Waals surface area contributed by atoms with E-state index < -0.39 is 9.73 Å². The minimum Gasteiger partial charge on any atom is -0.249 e. The van der Waals surface area contributed by atoms with Crippen molar-refractivity contribution in [3.63, 3.8) is 0 Å². The van der Waals surface area contributed by atoms with Crippen molar-refractivity contribution in [1.82, 2.24) is 0 Å². The van der Waals surface area contributed by atoms with Crippen molar-refractivity contribution in [2.45, 2.75) is 32.6 Å². The quantitative estimate of drug-likeness (QED) is 0.761. The van der Waals surface area contributed by atoms with Gasteiger partial charge in [0.25, 0.3) is 0 Å². The van der Waals surface area contributed by atoms with E-state index in [4.69, 9.17) is 0 Å². The second kappa shape index (κ2) is 4.39. The van der Waals surface area contributed by atoms with Crippen LogP contribution >= 0.6 is 15.9 Å². The summed E-state index contributed by atoms with van der Waals surface area (Å²) in [5.41, 5.74) is 2.20. The highest BCUT2D eigenvalue weighted by Gasteiger charge is 2.20. The fraction of sp³-hybridized carbons (Fsp3) is 0.538. The lowest BCUT2D eigenvalue weighted by Gasteiger charge is -2.21. The Hall–Kier alpha value is -0.350. The smallest absolute Gasteiger partial charge is 0.0872 e. The third-order valence-electron chi connectivity index (χ3n) is 3.01. The Morgan fingerprint density at radius 1 is 1.29 bits per heavy atom. The van der Waals surface area contributed by atoms with Gasteiger partial charge in [-0.15, -0.1) is 0 Å². The zero-order chi connectivity index (χ0) is 12.7. The van der Waals surface area contributed by atoms with Gasteiger partial charge in [-0.05, 0) is 45.5 Å². The van der Waals surface area contributed by atoms with E-state index in [0.29, 0.717) is 0 Å². The van der Waals surface area contributed by atoms with Gasteiger partial charge in [0.1, 0.15) is 0 Å². The Bertz CT molecular complexity index is 541. The normalized spacial score (nSPS) is 18.6. The Balaban J connectivity index is 2.39. The molecule has 0 bridgehead atoms. The summed E-state index contributed by atoms with van der Waals surface area (Å²) in [5.74, 6) is 1.50. The van der Waals surface area contributed by atoms with Gasteiger partial charge in [0, 0.05) is 16.0 Å². The third-order valence-corrected chi connectivity index (χ3v) is 6.02. The van der Waals surface area contributed by atoms with Crippen LogP contribution in [0.5, 0.6) is 0 Å². The first-order chi connectivity index (χ1) is 7.80. The molecule has 0 saturated carbocycles. The molecule has 0 radical (unpaired) electrons. The van der Waals surface area contributed by atoms with Crippen LogP contribution in [0.15, 0.2) is 27.0 Å². The molecule has 1 fully saturated rings.